The molecule has 9 heteroatoms. The van der Waals surface area contributed by atoms with Crippen molar-refractivity contribution in [2.45, 2.75) is 25.8 Å². The summed E-state index contributed by atoms with van der Waals surface area (Å²) in [4.78, 5) is 33.1. The Morgan fingerprint density at radius 3 is 2.62 bits per heavy atom. The molecular formula is C23H33N7O2. The highest BCUT2D eigenvalue weighted by atomic mass is 16.2. The SMILES string of the molecule is CC(Cc1ccc(-n2ccc(NC(=O)N3CCNCC3)nc2=O)cc1)N1CCC(CN)C1. The smallest absolute Gasteiger partial charge is 0.330 e. The molecular weight excluding hydrogens is 406 g/mol. The fraction of sp³-hybridized carbons (Fsp3) is 0.522. The zero-order valence-electron chi connectivity index (χ0n) is 18.7. The lowest BCUT2D eigenvalue weighted by Gasteiger charge is -2.27. The number of nitrogens with two attached hydrogens (primary N) is 1. The number of hydrogen-bond donors (Lipinski definition) is 3. The number of carbonyl (C=O) groups excluding carboxylic acids is 1. The van der Waals surface area contributed by atoms with Gasteiger partial charge < -0.3 is 16.0 Å². The average molecular weight is 440 g/mol. The van der Waals surface area contributed by atoms with Gasteiger partial charge in [0.05, 0.1) is 5.69 Å². The number of likely N-dealkylation sites (tertiary alicyclic amines) is 1. The molecule has 4 rings (SSSR count). The van der Waals surface area contributed by atoms with Gasteiger partial charge in [0, 0.05) is 45.0 Å². The van der Waals surface area contributed by atoms with E-state index in [9.17, 15) is 9.59 Å². The summed E-state index contributed by atoms with van der Waals surface area (Å²) < 4.78 is 1.49. The number of anilines is 1. The first-order chi connectivity index (χ1) is 15.5. The highest BCUT2D eigenvalue weighted by molar-refractivity contribution is 5.88. The number of urea groups is 1. The Hall–Kier alpha value is -2.75. The van der Waals surface area contributed by atoms with E-state index < -0.39 is 5.69 Å². The van der Waals surface area contributed by atoms with E-state index in [1.54, 1.807) is 17.2 Å². The van der Waals surface area contributed by atoms with Crippen molar-refractivity contribution in [2.75, 3.05) is 51.1 Å². The Bertz CT molecular complexity index is 969. The fourth-order valence-electron chi connectivity index (χ4n) is 4.44. The summed E-state index contributed by atoms with van der Waals surface area (Å²) in [5.41, 5.74) is 7.38. The van der Waals surface area contributed by atoms with Crippen LogP contribution in [0.2, 0.25) is 0 Å². The molecule has 2 amide bonds. The van der Waals surface area contributed by atoms with Crippen LogP contribution in [-0.2, 0) is 6.42 Å². The monoisotopic (exact) mass is 439 g/mol. The van der Waals surface area contributed by atoms with Crippen LogP contribution in [0.3, 0.4) is 0 Å². The lowest BCUT2D eigenvalue weighted by molar-refractivity contribution is 0.204. The lowest BCUT2D eigenvalue weighted by atomic mass is 10.1. The number of nitrogens with one attached hydrogen (secondary N) is 2. The molecule has 1 aromatic heterocycles. The average Bonchev–Trinajstić information content (AvgIpc) is 3.30. The lowest BCUT2D eigenvalue weighted by Crippen LogP contribution is -2.48. The van der Waals surface area contributed by atoms with Crippen molar-refractivity contribution in [2.24, 2.45) is 11.7 Å². The van der Waals surface area contributed by atoms with E-state index in [2.05, 4.69) is 39.6 Å². The number of nitrogens with zero attached hydrogens (tertiary/aromatic N) is 4. The van der Waals surface area contributed by atoms with Crippen LogP contribution in [0.4, 0.5) is 10.6 Å². The first-order valence-electron chi connectivity index (χ1n) is 11.4. The molecule has 4 N–H and O–H groups in total. The molecule has 0 spiro atoms. The minimum absolute atomic E-state index is 0.231. The molecule has 2 fully saturated rings. The maximum absolute atomic E-state index is 12.6. The van der Waals surface area contributed by atoms with Crippen LogP contribution in [0.15, 0.2) is 41.3 Å². The van der Waals surface area contributed by atoms with Crippen LogP contribution < -0.4 is 22.1 Å². The first kappa shape index (κ1) is 22.4. The van der Waals surface area contributed by atoms with E-state index in [0.29, 0.717) is 25.0 Å². The standard InChI is InChI=1S/C23H33N7O2/c1-17(29-10-6-19(15-24)16-29)14-18-2-4-20(5-3-18)30-11-7-21(27-23(30)32)26-22(31)28-12-8-25-9-13-28/h2-5,7,11,17,19,25H,6,8-10,12-16,24H2,1H3,(H,26,27,31,32). The summed E-state index contributed by atoms with van der Waals surface area (Å²) in [5.74, 6) is 0.880. The molecule has 2 aromatic rings. The Morgan fingerprint density at radius 1 is 1.22 bits per heavy atom. The van der Waals surface area contributed by atoms with E-state index in [1.165, 1.54) is 16.6 Å². The molecule has 32 heavy (non-hydrogen) atoms. The molecule has 0 aliphatic carbocycles. The minimum atomic E-state index is -0.422. The van der Waals surface area contributed by atoms with E-state index in [-0.39, 0.29) is 11.8 Å². The first-order valence-corrected chi connectivity index (χ1v) is 11.4. The van der Waals surface area contributed by atoms with Crippen LogP contribution in [0.1, 0.15) is 18.9 Å². The number of benzene rings is 1. The number of amides is 2. The third-order valence-corrected chi connectivity index (χ3v) is 6.46. The van der Waals surface area contributed by atoms with Gasteiger partial charge in [-0.05, 0) is 62.5 Å². The molecule has 2 atom stereocenters. The zero-order valence-corrected chi connectivity index (χ0v) is 18.7. The molecule has 2 unspecified atom stereocenters. The second kappa shape index (κ2) is 10.2. The minimum Gasteiger partial charge on any atom is -0.330 e. The summed E-state index contributed by atoms with van der Waals surface area (Å²) in [6.07, 6.45) is 3.79. The maximum Gasteiger partial charge on any atom is 0.354 e. The third kappa shape index (κ3) is 5.35. The van der Waals surface area contributed by atoms with Gasteiger partial charge in [-0.25, -0.2) is 9.59 Å². The van der Waals surface area contributed by atoms with Crippen LogP contribution in [0.25, 0.3) is 5.69 Å². The molecule has 3 heterocycles. The zero-order chi connectivity index (χ0) is 22.5. The van der Waals surface area contributed by atoms with Gasteiger partial charge in [0.15, 0.2) is 0 Å². The van der Waals surface area contributed by atoms with Gasteiger partial charge in [0.1, 0.15) is 5.82 Å². The predicted molar refractivity (Wildman–Crippen MR) is 125 cm³/mol. The number of rotatable bonds is 6. The largest absolute Gasteiger partial charge is 0.354 e. The number of aromatic nitrogens is 2. The van der Waals surface area contributed by atoms with Crippen LogP contribution in [0, 0.1) is 5.92 Å². The summed E-state index contributed by atoms with van der Waals surface area (Å²) in [6, 6.07) is 9.89. The molecule has 0 bridgehead atoms. The third-order valence-electron chi connectivity index (χ3n) is 6.46. The fourth-order valence-corrected chi connectivity index (χ4v) is 4.44. The van der Waals surface area contributed by atoms with Crippen molar-refractivity contribution in [3.8, 4) is 5.69 Å². The molecule has 0 radical (unpaired) electrons. The predicted octanol–water partition coefficient (Wildman–Crippen LogP) is 0.881. The molecule has 0 saturated carbocycles. The topological polar surface area (TPSA) is 109 Å². The van der Waals surface area contributed by atoms with Gasteiger partial charge in [-0.2, -0.15) is 4.98 Å². The maximum atomic E-state index is 12.6. The summed E-state index contributed by atoms with van der Waals surface area (Å²) in [6.45, 7) is 8.02. The van der Waals surface area contributed by atoms with Gasteiger partial charge >= 0.3 is 11.7 Å². The van der Waals surface area contributed by atoms with Crippen LogP contribution >= 0.6 is 0 Å². The second-order valence-electron chi connectivity index (χ2n) is 8.74. The van der Waals surface area contributed by atoms with E-state index in [1.807, 2.05) is 12.1 Å². The van der Waals surface area contributed by atoms with Crippen molar-refractivity contribution in [3.05, 3.63) is 52.6 Å². The van der Waals surface area contributed by atoms with Crippen molar-refractivity contribution < 1.29 is 4.79 Å². The quantitative estimate of drug-likeness (QED) is 0.617. The summed E-state index contributed by atoms with van der Waals surface area (Å²) in [5, 5.41) is 5.92. The van der Waals surface area contributed by atoms with Gasteiger partial charge in [-0.15, -0.1) is 0 Å². The van der Waals surface area contributed by atoms with Crippen molar-refractivity contribution in [1.82, 2.24) is 24.7 Å². The Morgan fingerprint density at radius 2 is 1.97 bits per heavy atom. The number of piperazine rings is 1. The van der Waals surface area contributed by atoms with E-state index >= 15 is 0 Å². The summed E-state index contributed by atoms with van der Waals surface area (Å²) >= 11 is 0. The molecule has 1 aromatic carbocycles. The highest BCUT2D eigenvalue weighted by Gasteiger charge is 2.25. The van der Waals surface area contributed by atoms with Crippen molar-refractivity contribution >= 4 is 11.8 Å². The molecule has 2 aliphatic rings. The van der Waals surface area contributed by atoms with Gasteiger partial charge in [0.25, 0.3) is 0 Å². The molecule has 172 valence electrons. The number of carbonyl (C=O) groups is 1. The normalized spacial score (nSPS) is 20.3. The van der Waals surface area contributed by atoms with Crippen LogP contribution in [-0.4, -0.2) is 77.2 Å². The molecule has 2 saturated heterocycles. The molecule has 9 nitrogen and oxygen atoms in total. The Labute approximate surface area is 188 Å². The van der Waals surface area contributed by atoms with Crippen molar-refractivity contribution in [3.63, 3.8) is 0 Å². The Balaban J connectivity index is 1.37. The van der Waals surface area contributed by atoms with Crippen LogP contribution in [0.5, 0.6) is 0 Å². The Kier molecular flexibility index (Phi) is 7.19. The summed E-state index contributed by atoms with van der Waals surface area (Å²) in [7, 11) is 0. The molecule has 2 aliphatic heterocycles. The highest BCUT2D eigenvalue weighted by Crippen LogP contribution is 2.20. The van der Waals surface area contributed by atoms with Gasteiger partial charge in [-0.3, -0.25) is 14.8 Å². The van der Waals surface area contributed by atoms with E-state index in [4.69, 9.17) is 5.73 Å². The van der Waals surface area contributed by atoms with Gasteiger partial charge in [0.2, 0.25) is 0 Å². The van der Waals surface area contributed by atoms with Crippen molar-refractivity contribution in [1.29, 1.82) is 0 Å². The number of hydrogen-bond acceptors (Lipinski definition) is 6. The second-order valence-corrected chi connectivity index (χ2v) is 8.74. The van der Waals surface area contributed by atoms with E-state index in [0.717, 1.165) is 44.8 Å². The van der Waals surface area contributed by atoms with Gasteiger partial charge in [-0.1, -0.05) is 12.1 Å².